The maximum absolute atomic E-state index is 6.11. The second-order valence-corrected chi connectivity index (χ2v) is 7.92. The number of hydrogen-bond donors (Lipinski definition) is 1. The highest BCUT2D eigenvalue weighted by atomic mass is 32.1. The van der Waals surface area contributed by atoms with Crippen molar-refractivity contribution in [3.8, 4) is 5.75 Å². The first-order chi connectivity index (χ1) is 14.3. The largest absolute Gasteiger partial charge is 0.490 e. The van der Waals surface area contributed by atoms with Crippen molar-refractivity contribution < 1.29 is 9.15 Å². The van der Waals surface area contributed by atoms with Gasteiger partial charge in [-0.25, -0.2) is 0 Å². The maximum atomic E-state index is 6.11. The van der Waals surface area contributed by atoms with Crippen LogP contribution in [0.15, 0.2) is 71.5 Å². The van der Waals surface area contributed by atoms with Gasteiger partial charge in [-0.15, -0.1) is 0 Å². The number of benzene rings is 1. The van der Waals surface area contributed by atoms with Gasteiger partial charge in [-0.3, -0.25) is 4.98 Å². The highest BCUT2D eigenvalue weighted by Crippen LogP contribution is 2.41. The van der Waals surface area contributed by atoms with E-state index in [0.717, 1.165) is 35.7 Å². The lowest BCUT2D eigenvalue weighted by Gasteiger charge is -2.26. The smallest absolute Gasteiger partial charge is 0.174 e. The number of thiocarbonyl (C=S) groups is 1. The summed E-state index contributed by atoms with van der Waals surface area (Å²) in [5.41, 5.74) is 1.93. The van der Waals surface area contributed by atoms with Gasteiger partial charge >= 0.3 is 0 Å². The molecule has 2 atom stereocenters. The maximum Gasteiger partial charge on any atom is 0.174 e. The molecule has 148 valence electrons. The van der Waals surface area contributed by atoms with E-state index < -0.39 is 0 Å². The fraction of sp³-hybridized carbons (Fsp3) is 0.304. The molecule has 0 radical (unpaired) electrons. The van der Waals surface area contributed by atoms with E-state index in [4.69, 9.17) is 21.4 Å². The van der Waals surface area contributed by atoms with Gasteiger partial charge in [0, 0.05) is 11.9 Å². The first-order valence-electron chi connectivity index (χ1n) is 10.1. The van der Waals surface area contributed by atoms with Crippen LogP contribution in [-0.4, -0.2) is 16.2 Å². The van der Waals surface area contributed by atoms with Crippen molar-refractivity contribution in [3.05, 3.63) is 78.5 Å². The third-order valence-electron chi connectivity index (χ3n) is 5.65. The van der Waals surface area contributed by atoms with Gasteiger partial charge in [-0.05, 0) is 86.4 Å². The van der Waals surface area contributed by atoms with Crippen LogP contribution < -0.4 is 15.0 Å². The van der Waals surface area contributed by atoms with Crippen LogP contribution in [0.25, 0.3) is 0 Å². The van der Waals surface area contributed by atoms with Gasteiger partial charge in [-0.2, -0.15) is 0 Å². The Kier molecular flexibility index (Phi) is 4.94. The molecule has 0 amide bonds. The Morgan fingerprint density at radius 3 is 2.55 bits per heavy atom. The third-order valence-corrected chi connectivity index (χ3v) is 5.97. The molecule has 1 aliphatic heterocycles. The molecule has 2 aromatic heterocycles. The second kappa shape index (κ2) is 7.87. The summed E-state index contributed by atoms with van der Waals surface area (Å²) in [6, 6.07) is 17.8. The summed E-state index contributed by atoms with van der Waals surface area (Å²) in [4.78, 5) is 6.65. The van der Waals surface area contributed by atoms with Crippen molar-refractivity contribution in [1.29, 1.82) is 0 Å². The van der Waals surface area contributed by atoms with Crippen molar-refractivity contribution in [2.24, 2.45) is 0 Å². The van der Waals surface area contributed by atoms with Crippen LogP contribution in [0.4, 0.5) is 5.69 Å². The first-order valence-corrected chi connectivity index (χ1v) is 10.5. The lowest BCUT2D eigenvalue weighted by molar-refractivity contribution is 0.210. The molecule has 6 heteroatoms. The second-order valence-electron chi connectivity index (χ2n) is 7.53. The Labute approximate surface area is 175 Å². The SMILES string of the molecule is S=C1N[C@H](c2ccccn2)[C@@H](c2ccco2)N1c1ccc(OC2CCCC2)cc1. The number of furan rings is 1. The van der Waals surface area contributed by atoms with E-state index in [1.54, 1.807) is 12.5 Å². The van der Waals surface area contributed by atoms with Crippen LogP contribution in [-0.2, 0) is 0 Å². The van der Waals surface area contributed by atoms with E-state index in [0.29, 0.717) is 11.2 Å². The molecule has 29 heavy (non-hydrogen) atoms. The van der Waals surface area contributed by atoms with Gasteiger partial charge < -0.3 is 19.4 Å². The topological polar surface area (TPSA) is 50.5 Å². The third kappa shape index (κ3) is 3.60. The molecule has 3 heterocycles. The van der Waals surface area contributed by atoms with Crippen LogP contribution in [0.3, 0.4) is 0 Å². The van der Waals surface area contributed by atoms with E-state index in [9.17, 15) is 0 Å². The van der Waals surface area contributed by atoms with E-state index in [1.165, 1.54) is 12.8 Å². The van der Waals surface area contributed by atoms with Crippen LogP contribution in [0, 0.1) is 0 Å². The normalized spacial score (nSPS) is 22.1. The quantitative estimate of drug-likeness (QED) is 0.591. The van der Waals surface area contributed by atoms with Crippen LogP contribution in [0.2, 0.25) is 0 Å². The monoisotopic (exact) mass is 405 g/mol. The minimum absolute atomic E-state index is 0.0933. The predicted molar refractivity (Wildman–Crippen MR) is 116 cm³/mol. The number of pyridine rings is 1. The standard InChI is InChI=1S/C23H23N3O2S/c29-23-25-21(19-8-3-4-14-24-19)22(20-9-5-15-27-20)26(23)16-10-12-18(13-11-16)28-17-6-1-2-7-17/h3-5,8-15,17,21-22H,1-2,6-7H2,(H,25,29)/t21-,22-/m1/s1. The lowest BCUT2D eigenvalue weighted by Crippen LogP contribution is -2.29. The highest BCUT2D eigenvalue weighted by Gasteiger charge is 2.42. The molecule has 1 N–H and O–H groups in total. The van der Waals surface area contributed by atoms with Crippen LogP contribution >= 0.6 is 12.2 Å². The van der Waals surface area contributed by atoms with Crippen molar-refractivity contribution >= 4 is 23.0 Å². The fourth-order valence-electron chi connectivity index (χ4n) is 4.27. The Hall–Kier alpha value is -2.86. The highest BCUT2D eigenvalue weighted by molar-refractivity contribution is 7.80. The molecule has 5 rings (SSSR count). The van der Waals surface area contributed by atoms with Crippen LogP contribution in [0.1, 0.15) is 49.2 Å². The minimum atomic E-state index is -0.117. The summed E-state index contributed by atoms with van der Waals surface area (Å²) in [6.45, 7) is 0. The van der Waals surface area contributed by atoms with Gasteiger partial charge in [0.25, 0.3) is 0 Å². The van der Waals surface area contributed by atoms with Crippen molar-refractivity contribution in [2.45, 2.75) is 43.9 Å². The van der Waals surface area contributed by atoms with Gasteiger partial charge in [0.1, 0.15) is 17.6 Å². The predicted octanol–water partition coefficient (Wildman–Crippen LogP) is 5.17. The Morgan fingerprint density at radius 1 is 1.03 bits per heavy atom. The molecule has 0 bridgehead atoms. The average molecular weight is 406 g/mol. The molecule has 1 saturated heterocycles. The Morgan fingerprint density at radius 2 is 1.86 bits per heavy atom. The number of rotatable bonds is 5. The zero-order chi connectivity index (χ0) is 19.6. The Bertz CT molecular complexity index is 954. The molecule has 0 spiro atoms. The molecular weight excluding hydrogens is 382 g/mol. The summed E-state index contributed by atoms with van der Waals surface area (Å²) in [6.07, 6.45) is 8.66. The minimum Gasteiger partial charge on any atom is -0.490 e. The summed E-state index contributed by atoms with van der Waals surface area (Å²) in [5, 5.41) is 4.09. The number of nitrogens with zero attached hydrogens (tertiary/aromatic N) is 2. The molecule has 3 aromatic rings. The van der Waals surface area contributed by atoms with Crippen LogP contribution in [0.5, 0.6) is 5.75 Å². The molecule has 2 aliphatic rings. The summed E-state index contributed by atoms with van der Waals surface area (Å²) < 4.78 is 11.9. The number of ether oxygens (including phenoxy) is 1. The van der Waals surface area contributed by atoms with Gasteiger partial charge in [0.2, 0.25) is 0 Å². The van der Waals surface area contributed by atoms with Gasteiger partial charge in [0.15, 0.2) is 5.11 Å². The number of nitrogens with one attached hydrogen (secondary N) is 1. The van der Waals surface area contributed by atoms with Crippen molar-refractivity contribution in [3.63, 3.8) is 0 Å². The van der Waals surface area contributed by atoms with E-state index in [1.807, 2.05) is 42.5 Å². The first kappa shape index (κ1) is 18.2. The van der Waals surface area contributed by atoms with Gasteiger partial charge in [-0.1, -0.05) is 6.07 Å². The van der Waals surface area contributed by atoms with Crippen molar-refractivity contribution in [2.75, 3.05) is 4.90 Å². The zero-order valence-electron chi connectivity index (χ0n) is 16.0. The molecule has 1 aromatic carbocycles. The van der Waals surface area contributed by atoms with E-state index in [-0.39, 0.29) is 12.1 Å². The van der Waals surface area contributed by atoms with E-state index >= 15 is 0 Å². The zero-order valence-corrected chi connectivity index (χ0v) is 16.8. The van der Waals surface area contributed by atoms with Gasteiger partial charge in [0.05, 0.1) is 24.1 Å². The molecule has 1 saturated carbocycles. The summed E-state index contributed by atoms with van der Waals surface area (Å²) >= 11 is 5.71. The molecular formula is C23H23N3O2S. The number of aromatic nitrogens is 1. The molecule has 0 unspecified atom stereocenters. The molecule has 2 fully saturated rings. The lowest BCUT2D eigenvalue weighted by atomic mass is 10.0. The van der Waals surface area contributed by atoms with Crippen molar-refractivity contribution in [1.82, 2.24) is 10.3 Å². The number of anilines is 1. The Balaban J connectivity index is 1.45. The molecule has 5 nitrogen and oxygen atoms in total. The summed E-state index contributed by atoms with van der Waals surface area (Å²) in [7, 11) is 0. The fourth-order valence-corrected chi connectivity index (χ4v) is 4.61. The average Bonchev–Trinajstić information content (AvgIpc) is 3.50. The summed E-state index contributed by atoms with van der Waals surface area (Å²) in [5.74, 6) is 1.76. The van der Waals surface area contributed by atoms with E-state index in [2.05, 4.69) is 27.3 Å². The molecule has 1 aliphatic carbocycles. The number of hydrogen-bond acceptors (Lipinski definition) is 4.